The van der Waals surface area contributed by atoms with E-state index in [2.05, 4.69) is 36.3 Å². The Morgan fingerprint density at radius 3 is 2.12 bits per heavy atom. The van der Waals surface area contributed by atoms with Crippen LogP contribution in [0.2, 0.25) is 0 Å². The first-order valence-electron chi connectivity index (χ1n) is 9.67. The normalized spacial score (nSPS) is 17.1. The zero-order valence-corrected chi connectivity index (χ0v) is 16.6. The molecule has 0 bridgehead atoms. The lowest BCUT2D eigenvalue weighted by molar-refractivity contribution is -0.117. The minimum atomic E-state index is -0.105. The Morgan fingerprint density at radius 1 is 1.08 bits per heavy atom. The molecule has 2 amide bonds. The molecule has 5 heteroatoms. The third-order valence-corrected chi connectivity index (χ3v) is 5.28. The maximum Gasteiger partial charge on any atom is 0.238 e. The molecule has 1 aromatic carbocycles. The second-order valence-electron chi connectivity index (χ2n) is 8.24. The van der Waals surface area contributed by atoms with Crippen LogP contribution in [0.15, 0.2) is 24.3 Å². The van der Waals surface area contributed by atoms with Crippen molar-refractivity contribution in [2.75, 3.05) is 30.3 Å². The third-order valence-electron chi connectivity index (χ3n) is 5.28. The third kappa shape index (κ3) is 6.79. The van der Waals surface area contributed by atoms with Gasteiger partial charge in [-0.1, -0.05) is 20.8 Å². The van der Waals surface area contributed by atoms with E-state index in [1.165, 1.54) is 32.6 Å². The first kappa shape index (κ1) is 20.4. The molecule has 26 heavy (non-hydrogen) atoms. The van der Waals surface area contributed by atoms with Gasteiger partial charge in [-0.15, -0.1) is 0 Å². The fraction of sp³-hybridized carbons (Fsp3) is 0.619. The molecular weight excluding hydrogens is 326 g/mol. The van der Waals surface area contributed by atoms with Crippen molar-refractivity contribution in [3.05, 3.63) is 24.3 Å². The Kier molecular flexibility index (Phi) is 7.21. The average Bonchev–Trinajstić information content (AvgIpc) is 2.57. The number of hydrogen-bond donors (Lipinski definition) is 2. The lowest BCUT2D eigenvalue weighted by Gasteiger charge is -2.36. The summed E-state index contributed by atoms with van der Waals surface area (Å²) in [5.74, 6) is 0.606. The van der Waals surface area contributed by atoms with Crippen LogP contribution < -0.4 is 10.6 Å². The van der Waals surface area contributed by atoms with Crippen molar-refractivity contribution < 1.29 is 9.59 Å². The molecule has 0 saturated heterocycles. The minimum absolute atomic E-state index is 0.00951. The van der Waals surface area contributed by atoms with Gasteiger partial charge in [0.05, 0.1) is 6.54 Å². The van der Waals surface area contributed by atoms with Crippen molar-refractivity contribution in [2.24, 2.45) is 11.3 Å². The summed E-state index contributed by atoms with van der Waals surface area (Å²) in [5, 5.41) is 5.66. The number of carbonyl (C=O) groups is 2. The Hall–Kier alpha value is -1.88. The summed E-state index contributed by atoms with van der Waals surface area (Å²) in [5.41, 5.74) is 1.96. The van der Waals surface area contributed by atoms with Crippen LogP contribution in [0.3, 0.4) is 0 Å². The van der Waals surface area contributed by atoms with Crippen molar-refractivity contribution in [3.63, 3.8) is 0 Å². The van der Waals surface area contributed by atoms with Gasteiger partial charge < -0.3 is 10.6 Å². The van der Waals surface area contributed by atoms with E-state index in [1.54, 1.807) is 12.1 Å². The summed E-state index contributed by atoms with van der Waals surface area (Å²) in [6, 6.07) is 7.20. The number of benzene rings is 1. The van der Waals surface area contributed by atoms with E-state index in [0.29, 0.717) is 17.9 Å². The van der Waals surface area contributed by atoms with Crippen molar-refractivity contribution >= 4 is 23.2 Å². The second kappa shape index (κ2) is 9.17. The van der Waals surface area contributed by atoms with E-state index in [1.807, 2.05) is 12.1 Å². The largest absolute Gasteiger partial charge is 0.326 e. The van der Waals surface area contributed by atoms with Gasteiger partial charge in [0, 0.05) is 24.8 Å². The standard InChI is InChI=1S/C21H33N3O2/c1-5-24(14-17-10-12-21(3,4)13-11-17)15-20(26)23-19-8-6-18(7-9-19)22-16(2)25/h6-9,17H,5,10-15H2,1-4H3,(H,22,25)(H,23,26). The van der Waals surface area contributed by atoms with Crippen molar-refractivity contribution in [3.8, 4) is 0 Å². The van der Waals surface area contributed by atoms with Crippen LogP contribution in [0.4, 0.5) is 11.4 Å². The molecule has 0 atom stereocenters. The topological polar surface area (TPSA) is 61.4 Å². The fourth-order valence-electron chi connectivity index (χ4n) is 3.56. The van der Waals surface area contributed by atoms with Gasteiger partial charge in [0.25, 0.3) is 0 Å². The number of nitrogens with one attached hydrogen (secondary N) is 2. The highest BCUT2D eigenvalue weighted by Crippen LogP contribution is 2.38. The van der Waals surface area contributed by atoms with Gasteiger partial charge in [-0.05, 0) is 67.8 Å². The highest BCUT2D eigenvalue weighted by molar-refractivity contribution is 5.93. The molecule has 0 radical (unpaired) electrons. The lowest BCUT2D eigenvalue weighted by Crippen LogP contribution is -2.38. The smallest absolute Gasteiger partial charge is 0.238 e. The average molecular weight is 360 g/mol. The fourth-order valence-corrected chi connectivity index (χ4v) is 3.56. The zero-order valence-electron chi connectivity index (χ0n) is 16.6. The summed E-state index contributed by atoms with van der Waals surface area (Å²) in [4.78, 5) is 25.6. The molecule has 1 aliphatic rings. The van der Waals surface area contributed by atoms with E-state index >= 15 is 0 Å². The highest BCUT2D eigenvalue weighted by Gasteiger charge is 2.27. The molecule has 1 fully saturated rings. The number of anilines is 2. The molecular formula is C21H33N3O2. The maximum absolute atomic E-state index is 12.4. The lowest BCUT2D eigenvalue weighted by atomic mass is 9.73. The van der Waals surface area contributed by atoms with Crippen LogP contribution in [0.25, 0.3) is 0 Å². The monoisotopic (exact) mass is 359 g/mol. The van der Waals surface area contributed by atoms with E-state index in [9.17, 15) is 9.59 Å². The zero-order chi connectivity index (χ0) is 19.2. The molecule has 1 aromatic rings. The van der Waals surface area contributed by atoms with Crippen LogP contribution >= 0.6 is 0 Å². The van der Waals surface area contributed by atoms with Crippen LogP contribution in [0, 0.1) is 11.3 Å². The summed E-state index contributed by atoms with van der Waals surface area (Å²) < 4.78 is 0. The molecule has 1 saturated carbocycles. The molecule has 144 valence electrons. The molecule has 2 rings (SSSR count). The number of rotatable bonds is 7. The van der Waals surface area contributed by atoms with Crippen LogP contribution in [-0.2, 0) is 9.59 Å². The number of carbonyl (C=O) groups excluding carboxylic acids is 2. The van der Waals surface area contributed by atoms with Crippen LogP contribution in [0.5, 0.6) is 0 Å². The van der Waals surface area contributed by atoms with Gasteiger partial charge in [0.1, 0.15) is 0 Å². The number of amides is 2. The van der Waals surface area contributed by atoms with E-state index in [-0.39, 0.29) is 11.8 Å². The highest BCUT2D eigenvalue weighted by atomic mass is 16.2. The second-order valence-corrected chi connectivity index (χ2v) is 8.24. The predicted molar refractivity (Wildman–Crippen MR) is 107 cm³/mol. The minimum Gasteiger partial charge on any atom is -0.326 e. The predicted octanol–water partition coefficient (Wildman–Crippen LogP) is 4.12. The van der Waals surface area contributed by atoms with Gasteiger partial charge in [-0.25, -0.2) is 0 Å². The Morgan fingerprint density at radius 2 is 1.62 bits per heavy atom. The van der Waals surface area contributed by atoms with Gasteiger partial charge in [0.2, 0.25) is 11.8 Å². The van der Waals surface area contributed by atoms with Crippen molar-refractivity contribution in [1.82, 2.24) is 4.90 Å². The Labute approximate surface area is 157 Å². The molecule has 0 spiro atoms. The number of hydrogen-bond acceptors (Lipinski definition) is 3. The van der Waals surface area contributed by atoms with Crippen molar-refractivity contribution in [2.45, 2.75) is 53.4 Å². The molecule has 0 aromatic heterocycles. The SMILES string of the molecule is CCN(CC(=O)Nc1ccc(NC(C)=O)cc1)CC1CCC(C)(C)CC1. The summed E-state index contributed by atoms with van der Waals surface area (Å²) in [7, 11) is 0. The number of nitrogens with zero attached hydrogens (tertiary/aromatic N) is 1. The molecule has 0 aliphatic heterocycles. The van der Waals surface area contributed by atoms with E-state index < -0.39 is 0 Å². The van der Waals surface area contributed by atoms with Gasteiger partial charge in [0.15, 0.2) is 0 Å². The summed E-state index contributed by atoms with van der Waals surface area (Å²) in [6.07, 6.45) is 5.08. The molecule has 1 aliphatic carbocycles. The van der Waals surface area contributed by atoms with E-state index in [4.69, 9.17) is 0 Å². The summed E-state index contributed by atoms with van der Waals surface area (Å²) >= 11 is 0. The van der Waals surface area contributed by atoms with Gasteiger partial charge in [-0.3, -0.25) is 14.5 Å². The van der Waals surface area contributed by atoms with Gasteiger partial charge in [-0.2, -0.15) is 0 Å². The Balaban J connectivity index is 1.80. The van der Waals surface area contributed by atoms with Crippen LogP contribution in [0.1, 0.15) is 53.4 Å². The Bertz CT molecular complexity index is 600. The molecule has 5 nitrogen and oxygen atoms in total. The van der Waals surface area contributed by atoms with Crippen LogP contribution in [-0.4, -0.2) is 36.3 Å². The molecule has 0 unspecified atom stereocenters. The maximum atomic E-state index is 12.4. The first-order chi connectivity index (χ1) is 12.3. The van der Waals surface area contributed by atoms with Crippen molar-refractivity contribution in [1.29, 1.82) is 0 Å². The first-order valence-corrected chi connectivity index (χ1v) is 9.67. The quantitative estimate of drug-likeness (QED) is 0.770. The molecule has 0 heterocycles. The van der Waals surface area contributed by atoms with Gasteiger partial charge >= 0.3 is 0 Å². The molecule has 2 N–H and O–H groups in total. The van der Waals surface area contributed by atoms with E-state index in [0.717, 1.165) is 24.5 Å². The number of likely N-dealkylation sites (N-methyl/N-ethyl adjacent to an activating group) is 1. The summed E-state index contributed by atoms with van der Waals surface area (Å²) in [6.45, 7) is 10.6.